The average Bonchev–Trinajstić information content (AvgIpc) is 3.60. The number of rotatable bonds is 6. The van der Waals surface area contributed by atoms with Crippen molar-refractivity contribution in [1.29, 1.82) is 0 Å². The second-order valence-corrected chi connectivity index (χ2v) is 11.8. The predicted molar refractivity (Wildman–Crippen MR) is 141 cm³/mol. The number of ether oxygens (including phenoxy) is 1. The number of carbonyl (C=O) groups is 1. The Labute approximate surface area is 218 Å². The summed E-state index contributed by atoms with van der Waals surface area (Å²) in [4.78, 5) is 18.2. The van der Waals surface area contributed by atoms with Crippen LogP contribution in [0.2, 0.25) is 0 Å². The molecule has 2 atom stereocenters. The molecule has 1 unspecified atom stereocenters. The summed E-state index contributed by atoms with van der Waals surface area (Å²) in [6.45, 7) is 7.23. The highest BCUT2D eigenvalue weighted by molar-refractivity contribution is 7.89. The zero-order valence-corrected chi connectivity index (χ0v) is 22.3. The van der Waals surface area contributed by atoms with Crippen LogP contribution >= 0.6 is 0 Å². The molecule has 0 saturated carbocycles. The van der Waals surface area contributed by atoms with E-state index >= 15 is 0 Å². The summed E-state index contributed by atoms with van der Waals surface area (Å²) in [5.74, 6) is -0.287. The second kappa shape index (κ2) is 10.2. The average molecular weight is 524 g/mol. The number of nitrogens with zero attached hydrogens (tertiary/aromatic N) is 3. The topological polar surface area (TPSA) is 83.3 Å². The van der Waals surface area contributed by atoms with Crippen molar-refractivity contribution in [2.45, 2.75) is 24.7 Å². The lowest BCUT2D eigenvalue weighted by molar-refractivity contribution is -0.135. The van der Waals surface area contributed by atoms with Crippen molar-refractivity contribution in [3.05, 3.63) is 77.7 Å². The number of methoxy groups -OCH3 is 1. The summed E-state index contributed by atoms with van der Waals surface area (Å²) < 4.78 is 39.0. The molecule has 1 amide bonds. The lowest BCUT2D eigenvalue weighted by atomic mass is 9.89. The number of benzene rings is 2. The van der Waals surface area contributed by atoms with Crippen molar-refractivity contribution in [3.8, 4) is 5.75 Å². The van der Waals surface area contributed by atoms with Gasteiger partial charge in [-0.2, -0.15) is 4.31 Å². The van der Waals surface area contributed by atoms with E-state index in [2.05, 4.69) is 36.9 Å². The zero-order chi connectivity index (χ0) is 26.2. The highest BCUT2D eigenvalue weighted by atomic mass is 32.2. The number of anilines is 1. The highest BCUT2D eigenvalue weighted by Crippen LogP contribution is 2.38. The highest BCUT2D eigenvalue weighted by Gasteiger charge is 2.45. The SMILES string of the molecule is COc1cccc(S(=O)(=O)N2CC(c3ccoc3)[C@H](C(=O)N3CCN(c4cc(C)ccc4C)CC3)C2)c1. The first kappa shape index (κ1) is 25.4. The van der Waals surface area contributed by atoms with Crippen LogP contribution in [0.4, 0.5) is 5.69 Å². The van der Waals surface area contributed by atoms with Crippen molar-refractivity contribution < 1.29 is 22.4 Å². The van der Waals surface area contributed by atoms with E-state index in [1.807, 2.05) is 11.0 Å². The van der Waals surface area contributed by atoms with Crippen LogP contribution in [0.1, 0.15) is 22.6 Å². The van der Waals surface area contributed by atoms with Gasteiger partial charge in [-0.3, -0.25) is 4.79 Å². The van der Waals surface area contributed by atoms with Gasteiger partial charge in [0.05, 0.1) is 30.4 Å². The van der Waals surface area contributed by atoms with Gasteiger partial charge in [0, 0.05) is 56.9 Å². The molecular formula is C28H33N3O5S. The summed E-state index contributed by atoms with van der Waals surface area (Å²) in [5, 5.41) is 0. The molecule has 0 aliphatic carbocycles. The molecule has 2 aromatic carbocycles. The zero-order valence-electron chi connectivity index (χ0n) is 21.5. The second-order valence-electron chi connectivity index (χ2n) is 9.87. The van der Waals surface area contributed by atoms with Gasteiger partial charge >= 0.3 is 0 Å². The molecule has 3 aromatic rings. The minimum atomic E-state index is -3.80. The Bertz CT molecular complexity index is 1360. The molecule has 8 nitrogen and oxygen atoms in total. The number of aryl methyl sites for hydroxylation is 2. The first-order valence-electron chi connectivity index (χ1n) is 12.5. The van der Waals surface area contributed by atoms with Gasteiger partial charge in [-0.1, -0.05) is 18.2 Å². The van der Waals surface area contributed by atoms with Crippen molar-refractivity contribution in [2.75, 3.05) is 51.3 Å². The molecule has 2 aliphatic rings. The van der Waals surface area contributed by atoms with Gasteiger partial charge in [0.25, 0.3) is 0 Å². The van der Waals surface area contributed by atoms with Crippen LogP contribution in [0.3, 0.4) is 0 Å². The Kier molecular flexibility index (Phi) is 7.00. The van der Waals surface area contributed by atoms with E-state index in [1.165, 1.54) is 34.3 Å². The summed E-state index contributed by atoms with van der Waals surface area (Å²) >= 11 is 0. The number of furan rings is 1. The molecule has 0 N–H and O–H groups in total. The molecule has 1 aromatic heterocycles. The van der Waals surface area contributed by atoms with Crippen molar-refractivity contribution >= 4 is 21.6 Å². The molecule has 2 saturated heterocycles. The van der Waals surface area contributed by atoms with Gasteiger partial charge in [0.2, 0.25) is 15.9 Å². The minimum Gasteiger partial charge on any atom is -0.497 e. The van der Waals surface area contributed by atoms with E-state index in [0.29, 0.717) is 18.8 Å². The van der Waals surface area contributed by atoms with E-state index in [0.717, 1.165) is 18.7 Å². The fourth-order valence-electron chi connectivity index (χ4n) is 5.41. The van der Waals surface area contributed by atoms with Crippen molar-refractivity contribution in [2.24, 2.45) is 5.92 Å². The Hall–Kier alpha value is -3.30. The predicted octanol–water partition coefficient (Wildman–Crippen LogP) is 3.66. The molecule has 3 heterocycles. The molecule has 9 heteroatoms. The van der Waals surface area contributed by atoms with Crippen LogP contribution in [0.25, 0.3) is 0 Å². The monoisotopic (exact) mass is 523 g/mol. The summed E-state index contributed by atoms with van der Waals surface area (Å²) in [7, 11) is -2.30. The third-order valence-corrected chi connectivity index (χ3v) is 9.38. The standard InChI is InChI=1S/C28H33N3O5S/c1-20-7-8-21(2)27(15-20)29-10-12-30(13-11-29)28(32)26-18-31(17-25(26)22-9-14-36-19-22)37(33,34)24-6-4-5-23(16-24)35-3/h4-9,14-16,19,25-26H,10-13,17-18H2,1-3H3/t25?,26-/m1/s1. The third-order valence-electron chi connectivity index (χ3n) is 7.55. The molecular weight excluding hydrogens is 490 g/mol. The maximum Gasteiger partial charge on any atom is 0.243 e. The molecule has 0 spiro atoms. The number of amides is 1. The first-order valence-corrected chi connectivity index (χ1v) is 14.0. The van der Waals surface area contributed by atoms with Gasteiger partial charge in [0.15, 0.2) is 0 Å². The molecule has 37 heavy (non-hydrogen) atoms. The van der Waals surface area contributed by atoms with Crippen LogP contribution in [-0.2, 0) is 14.8 Å². The Morgan fingerprint density at radius 1 is 1.00 bits per heavy atom. The molecule has 2 aliphatic heterocycles. The summed E-state index contributed by atoms with van der Waals surface area (Å²) in [6, 6.07) is 14.7. The third kappa shape index (κ3) is 4.98. The van der Waals surface area contributed by atoms with Crippen molar-refractivity contribution in [1.82, 2.24) is 9.21 Å². The smallest absolute Gasteiger partial charge is 0.243 e. The number of piperazine rings is 1. The Morgan fingerprint density at radius 3 is 2.49 bits per heavy atom. The lowest BCUT2D eigenvalue weighted by Gasteiger charge is -2.38. The van der Waals surface area contributed by atoms with Gasteiger partial charge in [-0.15, -0.1) is 0 Å². The van der Waals surface area contributed by atoms with Gasteiger partial charge < -0.3 is 19.0 Å². The molecule has 0 bridgehead atoms. The number of carbonyl (C=O) groups excluding carboxylic acids is 1. The van der Waals surface area contributed by atoms with E-state index in [9.17, 15) is 13.2 Å². The fourth-order valence-corrected chi connectivity index (χ4v) is 6.94. The van der Waals surface area contributed by atoms with E-state index in [4.69, 9.17) is 9.15 Å². The van der Waals surface area contributed by atoms with Crippen LogP contribution < -0.4 is 9.64 Å². The molecule has 0 radical (unpaired) electrons. The van der Waals surface area contributed by atoms with Crippen molar-refractivity contribution in [3.63, 3.8) is 0 Å². The maximum atomic E-state index is 13.8. The quantitative estimate of drug-likeness (QED) is 0.491. The normalized spacial score (nSPS) is 20.8. The number of hydrogen-bond donors (Lipinski definition) is 0. The largest absolute Gasteiger partial charge is 0.497 e. The number of sulfonamides is 1. The van der Waals surface area contributed by atoms with Gasteiger partial charge in [0.1, 0.15) is 5.75 Å². The fraction of sp³-hybridized carbons (Fsp3) is 0.393. The Balaban J connectivity index is 1.35. The molecule has 5 rings (SSSR count). The Morgan fingerprint density at radius 2 is 1.78 bits per heavy atom. The summed E-state index contributed by atoms with van der Waals surface area (Å²) in [6.07, 6.45) is 3.18. The minimum absolute atomic E-state index is 0.00448. The van der Waals surface area contributed by atoms with E-state index in [1.54, 1.807) is 30.7 Å². The number of hydrogen-bond acceptors (Lipinski definition) is 6. The van der Waals surface area contributed by atoms with Crippen LogP contribution in [0.15, 0.2) is 70.4 Å². The van der Waals surface area contributed by atoms with Crippen LogP contribution in [0, 0.1) is 19.8 Å². The van der Waals surface area contributed by atoms with Gasteiger partial charge in [-0.05, 0) is 54.8 Å². The molecule has 2 fully saturated rings. The van der Waals surface area contributed by atoms with E-state index < -0.39 is 15.9 Å². The maximum absolute atomic E-state index is 13.8. The molecule has 196 valence electrons. The van der Waals surface area contributed by atoms with Crippen LogP contribution in [-0.4, -0.2) is 69.9 Å². The van der Waals surface area contributed by atoms with Gasteiger partial charge in [-0.25, -0.2) is 8.42 Å². The first-order chi connectivity index (χ1) is 17.8. The summed E-state index contributed by atoms with van der Waals surface area (Å²) in [5.41, 5.74) is 4.49. The van der Waals surface area contributed by atoms with Crippen LogP contribution in [0.5, 0.6) is 5.75 Å². The van der Waals surface area contributed by atoms with E-state index in [-0.39, 0.29) is 29.8 Å². The lowest BCUT2D eigenvalue weighted by Crippen LogP contribution is -2.51.